The Kier molecular flexibility index (Phi) is 3.36. The van der Waals surface area contributed by atoms with Crippen LogP contribution >= 0.6 is 0 Å². The van der Waals surface area contributed by atoms with E-state index in [1.165, 1.54) is 6.92 Å². The standard InChI is InChI=1S/C12H16N4O2/c1-7(17)14-2-3-15-11-6-10-8(4-9(11)13)5-12(18)16-10/h4,6,15H,2-3,5,13H2,1H3,(H,14,17)(H,16,18). The summed E-state index contributed by atoms with van der Waals surface area (Å²) in [6.45, 7) is 2.58. The predicted molar refractivity (Wildman–Crippen MR) is 70.4 cm³/mol. The van der Waals surface area contributed by atoms with Crippen LogP contribution in [0.4, 0.5) is 17.1 Å². The van der Waals surface area contributed by atoms with Crippen molar-refractivity contribution in [1.29, 1.82) is 0 Å². The number of rotatable bonds is 4. The quantitative estimate of drug-likeness (QED) is 0.455. The molecule has 1 aliphatic rings. The predicted octanol–water partition coefficient (Wildman–Crippen LogP) is 0.311. The zero-order valence-corrected chi connectivity index (χ0v) is 10.2. The fourth-order valence-electron chi connectivity index (χ4n) is 1.88. The van der Waals surface area contributed by atoms with E-state index >= 15 is 0 Å². The van der Waals surface area contributed by atoms with Crippen molar-refractivity contribution in [1.82, 2.24) is 5.32 Å². The third-order valence-corrected chi connectivity index (χ3v) is 2.71. The Morgan fingerprint density at radius 2 is 2.22 bits per heavy atom. The average molecular weight is 248 g/mol. The number of amides is 2. The number of hydrogen-bond donors (Lipinski definition) is 4. The van der Waals surface area contributed by atoms with Crippen LogP contribution in [0.15, 0.2) is 12.1 Å². The lowest BCUT2D eigenvalue weighted by Crippen LogP contribution is -2.26. The maximum Gasteiger partial charge on any atom is 0.228 e. The molecule has 1 aromatic rings. The average Bonchev–Trinajstić information content (AvgIpc) is 2.63. The molecule has 96 valence electrons. The van der Waals surface area contributed by atoms with Crippen LogP contribution in [-0.4, -0.2) is 24.9 Å². The zero-order valence-electron chi connectivity index (χ0n) is 10.2. The van der Waals surface area contributed by atoms with E-state index in [4.69, 9.17) is 5.73 Å². The molecule has 0 spiro atoms. The molecule has 0 aromatic heterocycles. The van der Waals surface area contributed by atoms with Crippen molar-refractivity contribution >= 4 is 28.9 Å². The van der Waals surface area contributed by atoms with Gasteiger partial charge in [0.1, 0.15) is 0 Å². The Labute approximate surface area is 105 Å². The highest BCUT2D eigenvalue weighted by atomic mass is 16.2. The van der Waals surface area contributed by atoms with Gasteiger partial charge in [-0.25, -0.2) is 0 Å². The normalized spacial score (nSPS) is 12.8. The second-order valence-electron chi connectivity index (χ2n) is 4.23. The van der Waals surface area contributed by atoms with Crippen molar-refractivity contribution in [3.8, 4) is 0 Å². The maximum absolute atomic E-state index is 11.2. The molecule has 0 saturated carbocycles. The highest BCUT2D eigenvalue weighted by Crippen LogP contribution is 2.31. The Morgan fingerprint density at radius 1 is 1.44 bits per heavy atom. The summed E-state index contributed by atoms with van der Waals surface area (Å²) in [5, 5.41) is 8.57. The molecule has 0 fully saturated rings. The number of hydrogen-bond acceptors (Lipinski definition) is 4. The molecule has 2 amide bonds. The smallest absolute Gasteiger partial charge is 0.228 e. The van der Waals surface area contributed by atoms with Crippen molar-refractivity contribution in [3.05, 3.63) is 17.7 Å². The largest absolute Gasteiger partial charge is 0.397 e. The summed E-state index contributed by atoms with van der Waals surface area (Å²) in [6, 6.07) is 3.62. The van der Waals surface area contributed by atoms with E-state index < -0.39 is 0 Å². The van der Waals surface area contributed by atoms with Gasteiger partial charge in [-0.15, -0.1) is 0 Å². The lowest BCUT2D eigenvalue weighted by Gasteiger charge is -2.11. The number of anilines is 3. The van der Waals surface area contributed by atoms with E-state index in [0.717, 1.165) is 16.9 Å². The first-order valence-electron chi connectivity index (χ1n) is 5.77. The summed E-state index contributed by atoms with van der Waals surface area (Å²) >= 11 is 0. The monoisotopic (exact) mass is 248 g/mol. The fourth-order valence-corrected chi connectivity index (χ4v) is 1.88. The first-order valence-corrected chi connectivity index (χ1v) is 5.77. The summed E-state index contributed by atoms with van der Waals surface area (Å²) in [5.41, 5.74) is 8.99. The molecule has 6 heteroatoms. The van der Waals surface area contributed by atoms with Crippen molar-refractivity contribution in [3.63, 3.8) is 0 Å². The first kappa shape index (κ1) is 12.2. The maximum atomic E-state index is 11.2. The van der Waals surface area contributed by atoms with Gasteiger partial charge in [-0.1, -0.05) is 0 Å². The Bertz CT molecular complexity index is 499. The van der Waals surface area contributed by atoms with E-state index in [1.807, 2.05) is 6.07 Å². The van der Waals surface area contributed by atoms with Gasteiger partial charge in [0.2, 0.25) is 11.8 Å². The van der Waals surface area contributed by atoms with Gasteiger partial charge in [0, 0.05) is 25.7 Å². The van der Waals surface area contributed by atoms with E-state index in [-0.39, 0.29) is 11.8 Å². The van der Waals surface area contributed by atoms with E-state index in [9.17, 15) is 9.59 Å². The van der Waals surface area contributed by atoms with Gasteiger partial charge in [0.25, 0.3) is 0 Å². The highest BCUT2D eigenvalue weighted by Gasteiger charge is 2.18. The number of carbonyl (C=O) groups is 2. The molecule has 0 saturated heterocycles. The number of carbonyl (C=O) groups excluding carboxylic acids is 2. The molecule has 0 radical (unpaired) electrons. The Morgan fingerprint density at radius 3 is 2.94 bits per heavy atom. The van der Waals surface area contributed by atoms with Gasteiger partial charge >= 0.3 is 0 Å². The molecule has 0 aliphatic carbocycles. The summed E-state index contributed by atoms with van der Waals surface area (Å²) < 4.78 is 0. The molecule has 1 aromatic carbocycles. The molecule has 0 bridgehead atoms. The summed E-state index contributed by atoms with van der Waals surface area (Å²) in [7, 11) is 0. The van der Waals surface area contributed by atoms with Crippen LogP contribution in [0.25, 0.3) is 0 Å². The third kappa shape index (κ3) is 2.71. The Hall–Kier alpha value is -2.24. The topological polar surface area (TPSA) is 96.2 Å². The highest BCUT2D eigenvalue weighted by molar-refractivity contribution is 6.00. The Balaban J connectivity index is 1.99. The number of nitrogens with one attached hydrogen (secondary N) is 3. The minimum atomic E-state index is -0.0639. The van der Waals surface area contributed by atoms with Crippen LogP contribution in [-0.2, 0) is 16.0 Å². The zero-order chi connectivity index (χ0) is 13.1. The molecule has 5 N–H and O–H groups in total. The van der Waals surface area contributed by atoms with Crippen LogP contribution in [0.3, 0.4) is 0 Å². The van der Waals surface area contributed by atoms with E-state index in [2.05, 4.69) is 16.0 Å². The summed E-state index contributed by atoms with van der Waals surface area (Å²) in [6.07, 6.45) is 0.381. The van der Waals surface area contributed by atoms with Crippen molar-refractivity contribution in [2.24, 2.45) is 0 Å². The summed E-state index contributed by atoms with van der Waals surface area (Å²) in [4.78, 5) is 21.9. The van der Waals surface area contributed by atoms with Gasteiger partial charge in [0.05, 0.1) is 17.8 Å². The van der Waals surface area contributed by atoms with Crippen LogP contribution < -0.4 is 21.7 Å². The molecule has 1 aliphatic heterocycles. The molecular weight excluding hydrogens is 232 g/mol. The lowest BCUT2D eigenvalue weighted by molar-refractivity contribution is -0.119. The van der Waals surface area contributed by atoms with Crippen LogP contribution in [0.2, 0.25) is 0 Å². The number of fused-ring (bicyclic) bond motifs is 1. The molecule has 6 nitrogen and oxygen atoms in total. The summed E-state index contributed by atoms with van der Waals surface area (Å²) in [5.74, 6) is -0.0780. The molecule has 1 heterocycles. The van der Waals surface area contributed by atoms with E-state index in [1.54, 1.807) is 6.07 Å². The minimum Gasteiger partial charge on any atom is -0.397 e. The minimum absolute atomic E-state index is 0.0141. The van der Waals surface area contributed by atoms with Crippen molar-refractivity contribution < 1.29 is 9.59 Å². The van der Waals surface area contributed by atoms with Gasteiger partial charge in [0.15, 0.2) is 0 Å². The second kappa shape index (κ2) is 4.95. The van der Waals surface area contributed by atoms with Crippen LogP contribution in [0.1, 0.15) is 12.5 Å². The SMILES string of the molecule is CC(=O)NCCNc1cc2c(cc1N)CC(=O)N2. The first-order chi connectivity index (χ1) is 8.56. The van der Waals surface area contributed by atoms with Crippen molar-refractivity contribution in [2.45, 2.75) is 13.3 Å². The third-order valence-electron chi connectivity index (χ3n) is 2.71. The van der Waals surface area contributed by atoms with E-state index in [0.29, 0.717) is 25.2 Å². The van der Waals surface area contributed by atoms with Gasteiger partial charge in [-0.2, -0.15) is 0 Å². The lowest BCUT2D eigenvalue weighted by atomic mass is 10.1. The molecule has 0 unspecified atom stereocenters. The van der Waals surface area contributed by atoms with Gasteiger partial charge < -0.3 is 21.7 Å². The number of benzene rings is 1. The van der Waals surface area contributed by atoms with Crippen molar-refractivity contribution in [2.75, 3.05) is 29.5 Å². The number of nitrogens with two attached hydrogens (primary N) is 1. The second-order valence-corrected chi connectivity index (χ2v) is 4.23. The molecular formula is C12H16N4O2. The van der Waals surface area contributed by atoms with Crippen LogP contribution in [0, 0.1) is 0 Å². The van der Waals surface area contributed by atoms with Gasteiger partial charge in [-0.05, 0) is 17.7 Å². The molecule has 18 heavy (non-hydrogen) atoms. The van der Waals surface area contributed by atoms with Gasteiger partial charge in [-0.3, -0.25) is 9.59 Å². The number of nitrogen functional groups attached to an aromatic ring is 1. The van der Waals surface area contributed by atoms with Crippen LogP contribution in [0.5, 0.6) is 0 Å². The molecule has 2 rings (SSSR count). The fraction of sp³-hybridized carbons (Fsp3) is 0.333. The molecule has 0 atom stereocenters.